The number of ether oxygens (including phenoxy) is 1. The molecule has 14 nitrogen and oxygen atoms in total. The van der Waals surface area contributed by atoms with Crippen molar-refractivity contribution in [3.8, 4) is 16.9 Å². The summed E-state index contributed by atoms with van der Waals surface area (Å²) in [6, 6.07) is 11.3. The number of piperidine rings is 1. The second-order valence-electron chi connectivity index (χ2n) is 17.8. The van der Waals surface area contributed by atoms with Crippen molar-refractivity contribution in [3.63, 3.8) is 0 Å². The molecule has 63 heavy (non-hydrogen) atoms. The van der Waals surface area contributed by atoms with E-state index in [9.17, 15) is 14.4 Å². The molecule has 0 saturated carbocycles. The summed E-state index contributed by atoms with van der Waals surface area (Å²) in [7, 11) is 1.55. The van der Waals surface area contributed by atoms with Crippen molar-refractivity contribution >= 4 is 46.4 Å². The molecule has 5 aliphatic heterocycles. The van der Waals surface area contributed by atoms with Crippen LogP contribution in [0.15, 0.2) is 55.0 Å². The zero-order valence-electron chi connectivity index (χ0n) is 36.2. The van der Waals surface area contributed by atoms with Gasteiger partial charge in [-0.1, -0.05) is 6.07 Å². The van der Waals surface area contributed by atoms with Crippen LogP contribution in [0.5, 0.6) is 5.75 Å². The molecular formula is C47H54F2N10O4. The summed E-state index contributed by atoms with van der Waals surface area (Å²) < 4.78 is 40.1. The molecule has 5 aromatic rings. The molecule has 10 rings (SSSR count). The molecule has 4 amide bonds. The molecule has 2 aromatic carbocycles. The molecular weight excluding hydrogens is 807 g/mol. The van der Waals surface area contributed by atoms with Gasteiger partial charge in [-0.2, -0.15) is 5.10 Å². The van der Waals surface area contributed by atoms with E-state index in [0.717, 1.165) is 110 Å². The van der Waals surface area contributed by atoms with Gasteiger partial charge in [-0.25, -0.2) is 18.6 Å². The van der Waals surface area contributed by atoms with Crippen LogP contribution in [0, 0.1) is 12.8 Å². The summed E-state index contributed by atoms with van der Waals surface area (Å²) >= 11 is 0. The standard InChI is InChI=1S/C47H54F2N10O4/c1-29-38(7-4-8-39(29)58-20-13-44(61)51-47(58)62)55-18-9-31(26-55)25-53-16-10-33(11-17-53)59-40-12-19-54(30(2)60)27-37(40)46(52-59)57-15-5-6-32-22-34(36(45(48)49)23-41(32)57)35-24-43-50-14-21-56(43)28-42(35)63-3/h4,7-8,14,21-24,28,31,33,45H,5-6,9-13,15-20,25-27H2,1-3H3,(H,51,61,62)/t31-/m0/s1. The van der Waals surface area contributed by atoms with Crippen molar-refractivity contribution in [2.45, 2.75) is 77.8 Å². The third-order valence-corrected chi connectivity index (χ3v) is 14.0. The molecule has 0 spiro atoms. The molecule has 3 aromatic heterocycles. The maximum absolute atomic E-state index is 15.2. The highest BCUT2D eigenvalue weighted by atomic mass is 19.3. The second kappa shape index (κ2) is 16.6. The Morgan fingerprint density at radius 2 is 1.76 bits per heavy atom. The Morgan fingerprint density at radius 1 is 0.937 bits per heavy atom. The fraction of sp³-hybridized carbons (Fsp3) is 0.468. The van der Waals surface area contributed by atoms with E-state index in [1.165, 1.54) is 0 Å². The quantitative estimate of drug-likeness (QED) is 0.166. The molecule has 3 fully saturated rings. The number of alkyl halides is 2. The largest absolute Gasteiger partial charge is 0.495 e. The Morgan fingerprint density at radius 3 is 2.54 bits per heavy atom. The first-order valence-corrected chi connectivity index (χ1v) is 22.3. The molecule has 330 valence electrons. The molecule has 0 aliphatic carbocycles. The van der Waals surface area contributed by atoms with Crippen molar-refractivity contribution in [1.29, 1.82) is 0 Å². The first-order chi connectivity index (χ1) is 30.5. The highest BCUT2D eigenvalue weighted by molar-refractivity contribution is 6.06. The van der Waals surface area contributed by atoms with Crippen LogP contribution >= 0.6 is 0 Å². The number of urea groups is 1. The predicted molar refractivity (Wildman–Crippen MR) is 236 cm³/mol. The molecule has 0 unspecified atom stereocenters. The van der Waals surface area contributed by atoms with Gasteiger partial charge in [0.25, 0.3) is 6.43 Å². The summed E-state index contributed by atoms with van der Waals surface area (Å²) in [5.74, 6) is 1.55. The number of nitrogens with one attached hydrogen (secondary N) is 1. The van der Waals surface area contributed by atoms with Gasteiger partial charge < -0.3 is 28.7 Å². The number of carbonyl (C=O) groups is 3. The average molecular weight is 861 g/mol. The van der Waals surface area contributed by atoms with Crippen molar-refractivity contribution in [2.75, 3.05) is 74.2 Å². The minimum atomic E-state index is -2.73. The Balaban J connectivity index is 0.875. The molecule has 8 heterocycles. The summed E-state index contributed by atoms with van der Waals surface area (Å²) in [4.78, 5) is 52.3. The molecule has 5 aliphatic rings. The number of hydrogen-bond donors (Lipinski definition) is 1. The smallest absolute Gasteiger partial charge is 0.328 e. The van der Waals surface area contributed by atoms with Gasteiger partial charge in [-0.3, -0.25) is 24.5 Å². The lowest BCUT2D eigenvalue weighted by Gasteiger charge is -2.35. The number of aromatic nitrogens is 4. The minimum Gasteiger partial charge on any atom is -0.495 e. The topological polar surface area (TPSA) is 124 Å². The Bertz CT molecular complexity index is 2600. The van der Waals surface area contributed by atoms with E-state index < -0.39 is 6.43 Å². The number of anilines is 4. The van der Waals surface area contributed by atoms with Gasteiger partial charge in [-0.05, 0) is 92.0 Å². The van der Waals surface area contributed by atoms with E-state index in [1.807, 2.05) is 27.5 Å². The molecule has 3 saturated heterocycles. The van der Waals surface area contributed by atoms with Crippen molar-refractivity contribution in [3.05, 3.63) is 82.9 Å². The van der Waals surface area contributed by atoms with Crippen molar-refractivity contribution < 1.29 is 27.9 Å². The molecule has 1 atom stereocenters. The highest BCUT2D eigenvalue weighted by Gasteiger charge is 2.36. The number of aryl methyl sites for hydroxylation is 1. The first-order valence-electron chi connectivity index (χ1n) is 22.3. The minimum absolute atomic E-state index is 0.0140. The number of benzene rings is 2. The zero-order chi connectivity index (χ0) is 43.5. The van der Waals surface area contributed by atoms with Crippen LogP contribution in [-0.4, -0.2) is 106 Å². The summed E-state index contributed by atoms with van der Waals surface area (Å²) in [6.07, 6.45) is 8.05. The van der Waals surface area contributed by atoms with Crippen LogP contribution in [0.1, 0.15) is 79.4 Å². The normalized spacial score (nSPS) is 19.9. The van der Waals surface area contributed by atoms with Gasteiger partial charge in [0.05, 0.1) is 31.6 Å². The summed E-state index contributed by atoms with van der Waals surface area (Å²) in [6.45, 7) is 10.5. The SMILES string of the molecule is COc1cn2ccnc2cc1-c1cc2c(cc1C(F)F)N(c1nn(C3CCN(C[C@@H]4CCN(c5cccc(N6CCC(=O)NC6=O)c5C)C4)CC3)c3c1CN(C(C)=O)CC3)CCC2. The van der Waals surface area contributed by atoms with Crippen LogP contribution in [0.2, 0.25) is 0 Å². The number of pyridine rings is 1. The number of fused-ring (bicyclic) bond motifs is 3. The van der Waals surface area contributed by atoms with Crippen molar-refractivity contribution in [2.24, 2.45) is 5.92 Å². The van der Waals surface area contributed by atoms with Gasteiger partial charge in [0.1, 0.15) is 11.4 Å². The van der Waals surface area contributed by atoms with Gasteiger partial charge in [0.2, 0.25) is 11.8 Å². The Hall–Kier alpha value is -6.03. The molecule has 16 heteroatoms. The number of rotatable bonds is 9. The Kier molecular flexibility index (Phi) is 10.8. The van der Waals surface area contributed by atoms with E-state index >= 15 is 8.78 Å². The second-order valence-corrected chi connectivity index (χ2v) is 17.8. The number of hydrogen-bond acceptors (Lipinski definition) is 9. The summed E-state index contributed by atoms with van der Waals surface area (Å²) in [5.41, 5.74) is 8.50. The third-order valence-electron chi connectivity index (χ3n) is 14.0. The van der Waals surface area contributed by atoms with Crippen LogP contribution in [-0.2, 0) is 29.0 Å². The summed E-state index contributed by atoms with van der Waals surface area (Å²) in [5, 5.41) is 7.84. The average Bonchev–Trinajstić information content (AvgIpc) is 4.04. The van der Waals surface area contributed by atoms with Gasteiger partial charge in [-0.15, -0.1) is 0 Å². The number of halogens is 2. The highest BCUT2D eigenvalue weighted by Crippen LogP contribution is 2.46. The van der Waals surface area contributed by atoms with Crippen molar-refractivity contribution in [1.82, 2.24) is 34.3 Å². The van der Waals surface area contributed by atoms with E-state index in [4.69, 9.17) is 9.84 Å². The van der Waals surface area contributed by atoms with E-state index in [2.05, 4.69) is 42.7 Å². The zero-order valence-corrected chi connectivity index (χ0v) is 36.2. The number of methoxy groups -OCH3 is 1. The van der Waals surface area contributed by atoms with Crippen LogP contribution in [0.25, 0.3) is 16.8 Å². The predicted octanol–water partition coefficient (Wildman–Crippen LogP) is 7.05. The van der Waals surface area contributed by atoms with Crippen LogP contribution in [0.4, 0.5) is 36.5 Å². The number of imide groups is 1. The monoisotopic (exact) mass is 860 g/mol. The van der Waals surface area contributed by atoms with Gasteiger partial charge in [0.15, 0.2) is 5.82 Å². The van der Waals surface area contributed by atoms with E-state index in [0.29, 0.717) is 67.5 Å². The van der Waals surface area contributed by atoms with Gasteiger partial charge >= 0.3 is 6.03 Å². The van der Waals surface area contributed by atoms with Crippen LogP contribution in [0.3, 0.4) is 0 Å². The van der Waals surface area contributed by atoms with E-state index in [-0.39, 0.29) is 29.5 Å². The number of imidazole rings is 1. The Labute approximate surface area is 365 Å². The number of carbonyl (C=O) groups excluding carboxylic acids is 3. The third kappa shape index (κ3) is 7.55. The fourth-order valence-corrected chi connectivity index (χ4v) is 10.8. The number of amides is 4. The molecule has 0 radical (unpaired) electrons. The maximum Gasteiger partial charge on any atom is 0.328 e. The van der Waals surface area contributed by atoms with E-state index in [1.54, 1.807) is 49.7 Å². The van der Waals surface area contributed by atoms with Gasteiger partial charge in [0, 0.05) is 118 Å². The first kappa shape index (κ1) is 41.0. The lowest BCUT2D eigenvalue weighted by molar-refractivity contribution is -0.129. The number of nitrogens with zero attached hydrogens (tertiary/aromatic N) is 9. The maximum atomic E-state index is 15.2. The van der Waals surface area contributed by atoms with Crippen LogP contribution < -0.4 is 24.8 Å². The lowest BCUT2D eigenvalue weighted by atomic mass is 9.91. The molecule has 0 bridgehead atoms. The lowest BCUT2D eigenvalue weighted by Crippen LogP contribution is -2.49. The molecule has 1 N–H and O–H groups in total. The number of likely N-dealkylation sites (tertiary alicyclic amines) is 1. The fourth-order valence-electron chi connectivity index (χ4n) is 10.8.